The highest BCUT2D eigenvalue weighted by Gasteiger charge is 2.26. The van der Waals surface area contributed by atoms with Crippen LogP contribution in [0.15, 0.2) is 28.7 Å². The minimum absolute atomic E-state index is 0. The highest BCUT2D eigenvalue weighted by atomic mass is 79.9. The Kier molecular flexibility index (Phi) is 7.66. The standard InChI is InChI=1S/C15H21BrN2O2.ClH/c1-10-7-12(5-6-17-10)15(20)18-14(9-19)11-3-2-4-13(16)8-11;/h2-4,8,10,12,14,17,19H,5-7,9H2,1H3,(H,18,20);1H/t10-,12-,14?;/m0./s1. The number of rotatable bonds is 4. The number of carbonyl (C=O) groups excluding carboxylic acids is 1. The van der Waals surface area contributed by atoms with Crippen molar-refractivity contribution in [3.05, 3.63) is 34.3 Å². The molecule has 1 aromatic carbocycles. The van der Waals surface area contributed by atoms with Gasteiger partial charge >= 0.3 is 0 Å². The average molecular weight is 378 g/mol. The zero-order valence-corrected chi connectivity index (χ0v) is 14.4. The molecule has 1 fully saturated rings. The lowest BCUT2D eigenvalue weighted by Gasteiger charge is -2.28. The molecule has 4 nitrogen and oxygen atoms in total. The molecule has 0 aromatic heterocycles. The van der Waals surface area contributed by atoms with E-state index in [1.54, 1.807) is 0 Å². The van der Waals surface area contributed by atoms with Crippen molar-refractivity contribution in [2.45, 2.75) is 31.8 Å². The maximum absolute atomic E-state index is 12.3. The van der Waals surface area contributed by atoms with Crippen molar-refractivity contribution in [1.82, 2.24) is 10.6 Å². The summed E-state index contributed by atoms with van der Waals surface area (Å²) in [6, 6.07) is 7.70. The topological polar surface area (TPSA) is 61.4 Å². The predicted molar refractivity (Wildman–Crippen MR) is 89.5 cm³/mol. The average Bonchev–Trinajstić information content (AvgIpc) is 2.44. The predicted octanol–water partition coefficient (Wildman–Crippen LogP) is 2.41. The summed E-state index contributed by atoms with van der Waals surface area (Å²) in [5.74, 6) is 0.0739. The molecule has 0 radical (unpaired) electrons. The van der Waals surface area contributed by atoms with Gasteiger partial charge in [-0.1, -0.05) is 28.1 Å². The second kappa shape index (κ2) is 8.73. The first kappa shape index (κ1) is 18.4. The van der Waals surface area contributed by atoms with Crippen LogP contribution in [0.5, 0.6) is 0 Å². The second-order valence-corrected chi connectivity index (χ2v) is 6.29. The third-order valence-electron chi connectivity index (χ3n) is 3.74. The van der Waals surface area contributed by atoms with Gasteiger partial charge in [0.15, 0.2) is 0 Å². The van der Waals surface area contributed by atoms with Crippen LogP contribution >= 0.6 is 28.3 Å². The molecule has 1 amide bonds. The summed E-state index contributed by atoms with van der Waals surface area (Å²) in [4.78, 5) is 12.3. The minimum atomic E-state index is -0.342. The van der Waals surface area contributed by atoms with E-state index in [9.17, 15) is 9.90 Å². The van der Waals surface area contributed by atoms with Crippen LogP contribution in [0.4, 0.5) is 0 Å². The fourth-order valence-electron chi connectivity index (χ4n) is 2.62. The molecule has 1 aliphatic heterocycles. The van der Waals surface area contributed by atoms with Gasteiger partial charge in [-0.05, 0) is 44.0 Å². The molecule has 0 spiro atoms. The Morgan fingerprint density at radius 1 is 1.57 bits per heavy atom. The molecule has 0 bridgehead atoms. The number of hydrogen-bond donors (Lipinski definition) is 3. The smallest absolute Gasteiger partial charge is 0.223 e. The van der Waals surface area contributed by atoms with E-state index >= 15 is 0 Å². The maximum Gasteiger partial charge on any atom is 0.223 e. The van der Waals surface area contributed by atoms with Crippen LogP contribution in [0.25, 0.3) is 0 Å². The Labute approximate surface area is 140 Å². The number of piperidine rings is 1. The molecule has 1 aromatic rings. The summed E-state index contributed by atoms with van der Waals surface area (Å²) >= 11 is 3.41. The first-order valence-electron chi connectivity index (χ1n) is 7.00. The van der Waals surface area contributed by atoms with Gasteiger partial charge in [-0.2, -0.15) is 0 Å². The Hall–Kier alpha value is -0.620. The monoisotopic (exact) mass is 376 g/mol. The minimum Gasteiger partial charge on any atom is -0.394 e. The van der Waals surface area contributed by atoms with E-state index in [2.05, 4.69) is 33.5 Å². The second-order valence-electron chi connectivity index (χ2n) is 5.38. The Bertz CT molecular complexity index is 473. The van der Waals surface area contributed by atoms with E-state index in [0.717, 1.165) is 29.4 Å². The SMILES string of the molecule is C[C@H]1C[C@@H](C(=O)NC(CO)c2cccc(Br)c2)CCN1.Cl. The van der Waals surface area contributed by atoms with Crippen molar-refractivity contribution < 1.29 is 9.90 Å². The van der Waals surface area contributed by atoms with E-state index in [1.807, 2.05) is 24.3 Å². The van der Waals surface area contributed by atoms with Crippen LogP contribution in [0, 0.1) is 5.92 Å². The van der Waals surface area contributed by atoms with Gasteiger partial charge in [0, 0.05) is 16.4 Å². The van der Waals surface area contributed by atoms with E-state index in [1.165, 1.54) is 0 Å². The number of nitrogens with one attached hydrogen (secondary N) is 2. The molecule has 1 heterocycles. The van der Waals surface area contributed by atoms with Gasteiger partial charge in [0.25, 0.3) is 0 Å². The molecule has 3 N–H and O–H groups in total. The molecule has 1 aliphatic rings. The Morgan fingerprint density at radius 2 is 2.33 bits per heavy atom. The highest BCUT2D eigenvalue weighted by Crippen LogP contribution is 2.21. The van der Waals surface area contributed by atoms with Crippen molar-refractivity contribution in [2.24, 2.45) is 5.92 Å². The lowest BCUT2D eigenvalue weighted by molar-refractivity contribution is -0.127. The Morgan fingerprint density at radius 3 is 2.95 bits per heavy atom. The molecule has 21 heavy (non-hydrogen) atoms. The molecule has 0 saturated carbocycles. The van der Waals surface area contributed by atoms with Crippen molar-refractivity contribution in [1.29, 1.82) is 0 Å². The molecule has 118 valence electrons. The van der Waals surface area contributed by atoms with Gasteiger partial charge in [-0.25, -0.2) is 0 Å². The summed E-state index contributed by atoms with van der Waals surface area (Å²) in [5, 5.41) is 15.8. The van der Waals surface area contributed by atoms with Crippen molar-refractivity contribution in [2.75, 3.05) is 13.2 Å². The van der Waals surface area contributed by atoms with Gasteiger partial charge in [0.05, 0.1) is 12.6 Å². The van der Waals surface area contributed by atoms with Crippen LogP contribution in [0.3, 0.4) is 0 Å². The fraction of sp³-hybridized carbons (Fsp3) is 0.533. The molecule has 2 rings (SSSR count). The first-order valence-corrected chi connectivity index (χ1v) is 7.79. The summed E-state index contributed by atoms with van der Waals surface area (Å²) in [7, 11) is 0. The zero-order valence-electron chi connectivity index (χ0n) is 12.0. The van der Waals surface area contributed by atoms with E-state index in [0.29, 0.717) is 6.04 Å². The van der Waals surface area contributed by atoms with E-state index in [4.69, 9.17) is 0 Å². The third-order valence-corrected chi connectivity index (χ3v) is 4.24. The lowest BCUT2D eigenvalue weighted by Crippen LogP contribution is -2.43. The Balaban J connectivity index is 0.00000220. The number of halogens is 2. The van der Waals surface area contributed by atoms with E-state index < -0.39 is 0 Å². The fourth-order valence-corrected chi connectivity index (χ4v) is 3.03. The van der Waals surface area contributed by atoms with Crippen LogP contribution in [-0.4, -0.2) is 30.2 Å². The van der Waals surface area contributed by atoms with Crippen molar-refractivity contribution in [3.8, 4) is 0 Å². The number of aliphatic hydroxyl groups excluding tert-OH is 1. The lowest BCUT2D eigenvalue weighted by atomic mass is 9.92. The number of hydrogen-bond acceptors (Lipinski definition) is 3. The van der Waals surface area contributed by atoms with Crippen LogP contribution in [0.1, 0.15) is 31.4 Å². The molecular weight excluding hydrogens is 356 g/mol. The molecule has 0 aliphatic carbocycles. The van der Waals surface area contributed by atoms with Gasteiger partial charge < -0.3 is 15.7 Å². The summed E-state index contributed by atoms with van der Waals surface area (Å²) in [5.41, 5.74) is 0.914. The number of carbonyl (C=O) groups is 1. The number of benzene rings is 1. The molecular formula is C15H22BrClN2O2. The molecule has 3 atom stereocenters. The molecule has 1 saturated heterocycles. The quantitative estimate of drug-likeness (QED) is 0.755. The van der Waals surface area contributed by atoms with Gasteiger partial charge in [-0.15, -0.1) is 12.4 Å². The van der Waals surface area contributed by atoms with E-state index in [-0.39, 0.29) is 36.9 Å². The van der Waals surface area contributed by atoms with Crippen LogP contribution in [-0.2, 0) is 4.79 Å². The summed E-state index contributed by atoms with van der Waals surface area (Å²) in [6.07, 6.45) is 1.70. The van der Waals surface area contributed by atoms with Crippen molar-refractivity contribution in [3.63, 3.8) is 0 Å². The summed E-state index contributed by atoms with van der Waals surface area (Å²) in [6.45, 7) is 2.87. The van der Waals surface area contributed by atoms with Gasteiger partial charge in [0.1, 0.15) is 0 Å². The highest BCUT2D eigenvalue weighted by molar-refractivity contribution is 9.10. The normalized spacial score (nSPS) is 23.0. The maximum atomic E-state index is 12.3. The number of aliphatic hydroxyl groups is 1. The number of amides is 1. The van der Waals surface area contributed by atoms with Crippen LogP contribution in [0.2, 0.25) is 0 Å². The summed E-state index contributed by atoms with van der Waals surface area (Å²) < 4.78 is 0.943. The van der Waals surface area contributed by atoms with Crippen LogP contribution < -0.4 is 10.6 Å². The molecule has 1 unspecified atom stereocenters. The van der Waals surface area contributed by atoms with Gasteiger partial charge in [0.2, 0.25) is 5.91 Å². The largest absolute Gasteiger partial charge is 0.394 e. The first-order chi connectivity index (χ1) is 9.60. The van der Waals surface area contributed by atoms with Gasteiger partial charge in [-0.3, -0.25) is 4.79 Å². The third kappa shape index (κ3) is 5.25. The zero-order chi connectivity index (χ0) is 14.5. The molecule has 6 heteroatoms. The van der Waals surface area contributed by atoms with Crippen molar-refractivity contribution >= 4 is 34.2 Å².